The van der Waals surface area contributed by atoms with Crippen LogP contribution in [-0.4, -0.2) is 18.1 Å². The molecule has 1 aliphatic rings. The minimum atomic E-state index is -0.361. The maximum absolute atomic E-state index is 13.1. The number of nitrogens with one attached hydrogen (secondary N) is 3. The highest BCUT2D eigenvalue weighted by molar-refractivity contribution is 7.80. The normalized spacial score (nSPS) is 16.4. The van der Waals surface area contributed by atoms with Crippen LogP contribution in [0.5, 0.6) is 5.75 Å². The fraction of sp³-hybridized carbons (Fsp3) is 0.238. The van der Waals surface area contributed by atoms with Crippen LogP contribution in [0.15, 0.2) is 53.7 Å². The topological polar surface area (TPSA) is 62.4 Å². The molecule has 0 saturated carbocycles. The first-order valence-electron chi connectivity index (χ1n) is 8.69. The van der Waals surface area contributed by atoms with Crippen LogP contribution >= 0.6 is 12.2 Å². The number of hydrogen-bond donors (Lipinski definition) is 3. The molecular formula is C21H23N3O2S. The van der Waals surface area contributed by atoms with Crippen molar-refractivity contribution in [2.24, 2.45) is 0 Å². The van der Waals surface area contributed by atoms with E-state index < -0.39 is 0 Å². The van der Waals surface area contributed by atoms with Gasteiger partial charge in [-0.15, -0.1) is 0 Å². The molecule has 3 N–H and O–H groups in total. The van der Waals surface area contributed by atoms with Gasteiger partial charge in [0.15, 0.2) is 5.11 Å². The Morgan fingerprint density at radius 3 is 2.48 bits per heavy atom. The second-order valence-electron chi connectivity index (χ2n) is 6.68. The van der Waals surface area contributed by atoms with Crippen LogP contribution in [-0.2, 0) is 4.79 Å². The van der Waals surface area contributed by atoms with Crippen LogP contribution < -0.4 is 20.7 Å². The molecule has 1 aliphatic heterocycles. The second kappa shape index (κ2) is 7.80. The van der Waals surface area contributed by atoms with E-state index in [-0.39, 0.29) is 11.9 Å². The van der Waals surface area contributed by atoms with Gasteiger partial charge in [0.1, 0.15) is 5.75 Å². The number of anilines is 1. The van der Waals surface area contributed by atoms with Crippen molar-refractivity contribution in [2.75, 3.05) is 12.4 Å². The van der Waals surface area contributed by atoms with E-state index in [0.29, 0.717) is 10.7 Å². The van der Waals surface area contributed by atoms with E-state index >= 15 is 0 Å². The van der Waals surface area contributed by atoms with Crippen molar-refractivity contribution >= 4 is 28.9 Å². The molecule has 0 fully saturated rings. The van der Waals surface area contributed by atoms with Crippen LogP contribution in [0.4, 0.5) is 5.69 Å². The fourth-order valence-electron chi connectivity index (χ4n) is 3.31. The van der Waals surface area contributed by atoms with Gasteiger partial charge in [-0.25, -0.2) is 0 Å². The van der Waals surface area contributed by atoms with Crippen molar-refractivity contribution in [3.8, 4) is 5.75 Å². The molecular weight excluding hydrogens is 358 g/mol. The average molecular weight is 382 g/mol. The minimum Gasteiger partial charge on any atom is -0.497 e. The molecule has 27 heavy (non-hydrogen) atoms. The Kier molecular flexibility index (Phi) is 5.46. The number of thiocarbonyl (C=S) groups is 1. The largest absolute Gasteiger partial charge is 0.497 e. The third kappa shape index (κ3) is 4.28. The van der Waals surface area contributed by atoms with E-state index in [2.05, 4.69) is 22.0 Å². The number of rotatable bonds is 4. The molecule has 1 heterocycles. The molecule has 0 spiro atoms. The summed E-state index contributed by atoms with van der Waals surface area (Å²) in [5, 5.41) is 9.76. The quantitative estimate of drug-likeness (QED) is 0.704. The van der Waals surface area contributed by atoms with E-state index in [0.717, 1.165) is 33.8 Å². The highest BCUT2D eigenvalue weighted by Gasteiger charge is 2.30. The van der Waals surface area contributed by atoms with Crippen molar-refractivity contribution in [3.05, 3.63) is 70.4 Å². The van der Waals surface area contributed by atoms with E-state index in [4.69, 9.17) is 17.0 Å². The summed E-state index contributed by atoms with van der Waals surface area (Å²) in [5.74, 6) is 0.554. The zero-order valence-corrected chi connectivity index (χ0v) is 16.7. The maximum Gasteiger partial charge on any atom is 0.255 e. The summed E-state index contributed by atoms with van der Waals surface area (Å²) >= 11 is 5.31. The van der Waals surface area contributed by atoms with E-state index in [1.54, 1.807) is 7.11 Å². The molecule has 2 aromatic rings. The summed E-state index contributed by atoms with van der Waals surface area (Å²) < 4.78 is 5.32. The minimum absolute atomic E-state index is 0.173. The summed E-state index contributed by atoms with van der Waals surface area (Å²) in [4.78, 5) is 13.1. The molecule has 6 heteroatoms. The molecule has 1 amide bonds. The van der Waals surface area contributed by atoms with Gasteiger partial charge in [-0.05, 0) is 73.9 Å². The number of aryl methyl sites for hydroxylation is 2. The predicted molar refractivity (Wildman–Crippen MR) is 112 cm³/mol. The lowest BCUT2D eigenvalue weighted by Crippen LogP contribution is -2.45. The molecule has 5 nitrogen and oxygen atoms in total. The number of carbonyl (C=O) groups is 1. The average Bonchev–Trinajstić information content (AvgIpc) is 2.60. The smallest absolute Gasteiger partial charge is 0.255 e. The second-order valence-corrected chi connectivity index (χ2v) is 7.09. The molecule has 0 radical (unpaired) electrons. The van der Waals surface area contributed by atoms with Gasteiger partial charge in [0, 0.05) is 11.4 Å². The number of carbonyl (C=O) groups excluding carboxylic acids is 1. The Hall–Kier alpha value is -2.86. The third-order valence-electron chi connectivity index (χ3n) is 4.42. The third-order valence-corrected chi connectivity index (χ3v) is 4.64. The Morgan fingerprint density at radius 1 is 1.11 bits per heavy atom. The van der Waals surface area contributed by atoms with Crippen molar-refractivity contribution in [1.29, 1.82) is 0 Å². The lowest BCUT2D eigenvalue weighted by atomic mass is 9.94. The first-order valence-corrected chi connectivity index (χ1v) is 9.10. The first-order chi connectivity index (χ1) is 12.9. The molecule has 0 bridgehead atoms. The maximum atomic E-state index is 13.1. The predicted octanol–water partition coefficient (Wildman–Crippen LogP) is 3.74. The molecule has 140 valence electrons. The number of benzene rings is 2. The van der Waals surface area contributed by atoms with Crippen LogP contribution in [0, 0.1) is 13.8 Å². The van der Waals surface area contributed by atoms with E-state index in [1.165, 1.54) is 0 Å². The van der Waals surface area contributed by atoms with E-state index in [1.807, 2.05) is 57.2 Å². The van der Waals surface area contributed by atoms with Gasteiger partial charge in [-0.3, -0.25) is 4.79 Å². The molecule has 1 atom stereocenters. The standard InChI is InChI=1S/C21H23N3O2S/c1-12-8-13(2)10-16(9-12)23-20(25)18-14(3)22-21(27)24-19(18)15-6-5-7-17(11-15)26-4/h5-11,19H,1-4H3,(H,23,25)(H2,22,24,27). The van der Waals surface area contributed by atoms with Gasteiger partial charge >= 0.3 is 0 Å². The Balaban J connectivity index is 1.96. The fourth-order valence-corrected chi connectivity index (χ4v) is 3.58. The number of ether oxygens (including phenoxy) is 1. The van der Waals surface area contributed by atoms with Crippen molar-refractivity contribution in [1.82, 2.24) is 10.6 Å². The summed E-state index contributed by atoms with van der Waals surface area (Å²) in [6, 6.07) is 13.2. The first kappa shape index (κ1) is 18.9. The van der Waals surface area contributed by atoms with Crippen molar-refractivity contribution in [3.63, 3.8) is 0 Å². The zero-order valence-electron chi connectivity index (χ0n) is 15.8. The monoisotopic (exact) mass is 381 g/mol. The Morgan fingerprint density at radius 2 is 1.81 bits per heavy atom. The lowest BCUT2D eigenvalue weighted by Gasteiger charge is -2.30. The van der Waals surface area contributed by atoms with Gasteiger partial charge in [0.2, 0.25) is 0 Å². The van der Waals surface area contributed by atoms with Gasteiger partial charge < -0.3 is 20.7 Å². The Labute approximate surface area is 164 Å². The van der Waals surface area contributed by atoms with Gasteiger partial charge in [0.05, 0.1) is 18.7 Å². The molecule has 2 aromatic carbocycles. The number of methoxy groups -OCH3 is 1. The highest BCUT2D eigenvalue weighted by atomic mass is 32.1. The van der Waals surface area contributed by atoms with Crippen molar-refractivity contribution < 1.29 is 9.53 Å². The van der Waals surface area contributed by atoms with Crippen LogP contribution in [0.25, 0.3) is 0 Å². The SMILES string of the molecule is COc1cccc(C2NC(=S)NC(C)=C2C(=O)Nc2cc(C)cc(C)c2)c1. The Bertz CT molecular complexity index is 917. The molecule has 0 saturated heterocycles. The van der Waals surface area contributed by atoms with Gasteiger partial charge in [0.25, 0.3) is 5.91 Å². The highest BCUT2D eigenvalue weighted by Crippen LogP contribution is 2.30. The molecule has 3 rings (SSSR count). The summed E-state index contributed by atoms with van der Waals surface area (Å²) in [5.41, 5.74) is 5.20. The number of hydrogen-bond acceptors (Lipinski definition) is 3. The van der Waals surface area contributed by atoms with Gasteiger partial charge in [-0.2, -0.15) is 0 Å². The van der Waals surface area contributed by atoms with Crippen molar-refractivity contribution in [2.45, 2.75) is 26.8 Å². The lowest BCUT2D eigenvalue weighted by molar-refractivity contribution is -0.113. The molecule has 0 aliphatic carbocycles. The summed E-state index contributed by atoms with van der Waals surface area (Å²) in [6.45, 7) is 5.87. The van der Waals surface area contributed by atoms with Gasteiger partial charge in [-0.1, -0.05) is 18.2 Å². The van der Waals surface area contributed by atoms with E-state index in [9.17, 15) is 4.79 Å². The van der Waals surface area contributed by atoms with Crippen LogP contribution in [0.1, 0.15) is 29.7 Å². The molecule has 1 unspecified atom stereocenters. The summed E-state index contributed by atoms with van der Waals surface area (Å²) in [7, 11) is 1.62. The van der Waals surface area contributed by atoms with Crippen LogP contribution in [0.3, 0.4) is 0 Å². The number of amides is 1. The summed E-state index contributed by atoms with van der Waals surface area (Å²) in [6.07, 6.45) is 0. The molecule has 0 aromatic heterocycles. The van der Waals surface area contributed by atoms with Crippen LogP contribution in [0.2, 0.25) is 0 Å². The number of allylic oxidation sites excluding steroid dienone is 1. The zero-order chi connectivity index (χ0) is 19.6.